The number of carbonyl (C=O) groups excluding carboxylic acids is 4. The number of rotatable bonds is 2. The van der Waals surface area contributed by atoms with Crippen molar-refractivity contribution in [3.05, 3.63) is 101 Å². The van der Waals surface area contributed by atoms with Gasteiger partial charge in [-0.05, 0) is 23.8 Å². The largest absolute Gasteiger partial charge is 0.349 e. The summed E-state index contributed by atoms with van der Waals surface area (Å²) >= 11 is 6.11. The minimum Gasteiger partial charge on any atom is -0.349 e. The van der Waals surface area contributed by atoms with Crippen molar-refractivity contribution in [2.75, 3.05) is 4.90 Å². The molecule has 1 spiro atoms. The standard InChI is InChI=1S/C26H16ClNO5/c27-15-9-6-10-16(13-15)28-24(31)19-20(25(28)32)26(33-21(19)14-7-2-1-3-8-14)22(29)17-11-4-5-12-18(17)23(26)30/h1-13,19-21H. The number of anilines is 1. The van der Waals surface area contributed by atoms with Crippen molar-refractivity contribution in [1.82, 2.24) is 0 Å². The predicted octanol–water partition coefficient (Wildman–Crippen LogP) is 4.04. The van der Waals surface area contributed by atoms with Crippen LogP contribution in [-0.4, -0.2) is 29.0 Å². The predicted molar refractivity (Wildman–Crippen MR) is 119 cm³/mol. The molecule has 1 aliphatic carbocycles. The summed E-state index contributed by atoms with van der Waals surface area (Å²) in [5.74, 6) is -4.62. The number of hydrogen-bond acceptors (Lipinski definition) is 5. The second-order valence-electron chi connectivity index (χ2n) is 8.38. The molecule has 2 heterocycles. The smallest absolute Gasteiger partial charge is 0.241 e. The van der Waals surface area contributed by atoms with Crippen LogP contribution in [0, 0.1) is 11.8 Å². The highest BCUT2D eigenvalue weighted by Gasteiger charge is 2.74. The number of nitrogens with zero attached hydrogens (tertiary/aromatic N) is 1. The molecule has 2 aliphatic heterocycles. The molecule has 3 aliphatic rings. The van der Waals surface area contributed by atoms with E-state index in [-0.39, 0.29) is 11.1 Å². The zero-order valence-electron chi connectivity index (χ0n) is 17.1. The van der Waals surface area contributed by atoms with Gasteiger partial charge >= 0.3 is 0 Å². The molecule has 6 nitrogen and oxygen atoms in total. The summed E-state index contributed by atoms with van der Waals surface area (Å²) < 4.78 is 6.23. The van der Waals surface area contributed by atoms with Gasteiger partial charge in [0, 0.05) is 16.1 Å². The van der Waals surface area contributed by atoms with Crippen LogP contribution >= 0.6 is 11.6 Å². The van der Waals surface area contributed by atoms with E-state index in [0.29, 0.717) is 16.3 Å². The lowest BCUT2D eigenvalue weighted by molar-refractivity contribution is -0.127. The van der Waals surface area contributed by atoms with Crippen LogP contribution in [0.25, 0.3) is 0 Å². The van der Waals surface area contributed by atoms with Gasteiger partial charge in [-0.3, -0.25) is 19.2 Å². The molecule has 0 aromatic heterocycles. The van der Waals surface area contributed by atoms with Crippen LogP contribution in [0.5, 0.6) is 0 Å². The van der Waals surface area contributed by atoms with E-state index in [1.165, 1.54) is 6.07 Å². The number of hydrogen-bond donors (Lipinski definition) is 0. The highest BCUT2D eigenvalue weighted by Crippen LogP contribution is 2.57. The highest BCUT2D eigenvalue weighted by atomic mass is 35.5. The number of ketones is 2. The summed E-state index contributed by atoms with van der Waals surface area (Å²) in [5.41, 5.74) is -0.748. The Kier molecular flexibility index (Phi) is 4.21. The van der Waals surface area contributed by atoms with E-state index in [4.69, 9.17) is 16.3 Å². The van der Waals surface area contributed by atoms with Crippen molar-refractivity contribution in [1.29, 1.82) is 0 Å². The zero-order valence-corrected chi connectivity index (χ0v) is 17.9. The number of Topliss-reactive ketones (excluding diaryl/α,β-unsaturated/α-hetero) is 2. The second kappa shape index (κ2) is 6.94. The van der Waals surface area contributed by atoms with Gasteiger partial charge in [0.1, 0.15) is 0 Å². The monoisotopic (exact) mass is 457 g/mol. The van der Waals surface area contributed by atoms with Crippen molar-refractivity contribution in [3.63, 3.8) is 0 Å². The summed E-state index contributed by atoms with van der Waals surface area (Å²) in [7, 11) is 0. The maximum Gasteiger partial charge on any atom is 0.241 e. The minimum absolute atomic E-state index is 0.205. The molecular formula is C26H16ClNO5. The van der Waals surface area contributed by atoms with Crippen molar-refractivity contribution >= 4 is 40.7 Å². The molecule has 2 amide bonds. The fraction of sp³-hybridized carbons (Fsp3) is 0.154. The summed E-state index contributed by atoms with van der Waals surface area (Å²) in [6, 6.07) is 21.7. The number of fused-ring (bicyclic) bond motifs is 3. The van der Waals surface area contributed by atoms with Crippen molar-refractivity contribution < 1.29 is 23.9 Å². The van der Waals surface area contributed by atoms with Gasteiger partial charge in [-0.25, -0.2) is 4.90 Å². The Bertz CT molecular complexity index is 1330. The van der Waals surface area contributed by atoms with E-state index in [0.717, 1.165) is 4.90 Å². The highest BCUT2D eigenvalue weighted by molar-refractivity contribution is 6.37. The fourth-order valence-corrected chi connectivity index (χ4v) is 5.52. The van der Waals surface area contributed by atoms with Crippen molar-refractivity contribution in [2.45, 2.75) is 11.7 Å². The maximum atomic E-state index is 13.8. The molecule has 2 fully saturated rings. The van der Waals surface area contributed by atoms with Gasteiger partial charge in [0.15, 0.2) is 0 Å². The SMILES string of the molecule is O=C1C2C(c3ccccc3)OC3(C(=O)c4ccccc4C3=O)C2C(=O)N1c1cccc(Cl)c1. The Labute approximate surface area is 193 Å². The third-order valence-corrected chi connectivity index (χ3v) is 6.95. The molecule has 0 bridgehead atoms. The van der Waals surface area contributed by atoms with Crippen LogP contribution in [0.4, 0.5) is 5.69 Å². The molecule has 162 valence electrons. The quantitative estimate of drug-likeness (QED) is 0.428. The molecule has 2 saturated heterocycles. The maximum absolute atomic E-state index is 13.8. The Morgan fingerprint density at radius 1 is 0.758 bits per heavy atom. The Morgan fingerprint density at radius 2 is 1.39 bits per heavy atom. The van der Waals surface area contributed by atoms with E-state index in [9.17, 15) is 19.2 Å². The van der Waals surface area contributed by atoms with Gasteiger partial charge in [0.2, 0.25) is 29.0 Å². The Balaban J connectivity index is 1.56. The van der Waals surface area contributed by atoms with E-state index < -0.39 is 46.9 Å². The average molecular weight is 458 g/mol. The normalized spacial score (nSPS) is 25.1. The van der Waals surface area contributed by atoms with Gasteiger partial charge < -0.3 is 4.74 Å². The first-order valence-electron chi connectivity index (χ1n) is 10.5. The minimum atomic E-state index is -2.07. The van der Waals surface area contributed by atoms with Gasteiger partial charge in [-0.2, -0.15) is 0 Å². The molecule has 3 atom stereocenters. The molecule has 0 N–H and O–H groups in total. The van der Waals surface area contributed by atoms with Gasteiger partial charge in [0.25, 0.3) is 0 Å². The van der Waals surface area contributed by atoms with Crippen LogP contribution < -0.4 is 4.90 Å². The van der Waals surface area contributed by atoms with E-state index in [1.807, 2.05) is 6.07 Å². The summed E-state index contributed by atoms with van der Waals surface area (Å²) in [5, 5.41) is 0.358. The van der Waals surface area contributed by atoms with Gasteiger partial charge in [-0.15, -0.1) is 0 Å². The molecule has 6 rings (SSSR count). The number of ether oxygens (including phenoxy) is 1. The zero-order chi connectivity index (χ0) is 22.9. The fourth-order valence-electron chi connectivity index (χ4n) is 5.33. The first-order valence-corrected chi connectivity index (χ1v) is 10.9. The van der Waals surface area contributed by atoms with E-state index in [1.54, 1.807) is 66.7 Å². The second-order valence-corrected chi connectivity index (χ2v) is 8.82. The molecule has 3 unspecified atom stereocenters. The lowest BCUT2D eigenvalue weighted by Crippen LogP contribution is -2.51. The molecule has 3 aromatic carbocycles. The number of benzene rings is 3. The third-order valence-electron chi connectivity index (χ3n) is 6.71. The van der Waals surface area contributed by atoms with E-state index >= 15 is 0 Å². The average Bonchev–Trinajstić information content (AvgIpc) is 3.40. The number of halogens is 1. The summed E-state index contributed by atoms with van der Waals surface area (Å²) in [6.45, 7) is 0. The van der Waals surface area contributed by atoms with Crippen LogP contribution in [0.15, 0.2) is 78.9 Å². The number of imide groups is 1. The molecular weight excluding hydrogens is 442 g/mol. The molecule has 0 saturated carbocycles. The van der Waals surface area contributed by atoms with Gasteiger partial charge in [-0.1, -0.05) is 72.3 Å². The molecule has 0 radical (unpaired) electrons. The van der Waals surface area contributed by atoms with Crippen molar-refractivity contribution in [2.24, 2.45) is 11.8 Å². The topological polar surface area (TPSA) is 80.8 Å². The first-order chi connectivity index (χ1) is 15.9. The molecule has 33 heavy (non-hydrogen) atoms. The molecule has 7 heteroatoms. The van der Waals surface area contributed by atoms with Crippen molar-refractivity contribution in [3.8, 4) is 0 Å². The molecule has 3 aromatic rings. The van der Waals surface area contributed by atoms with E-state index in [2.05, 4.69) is 0 Å². The van der Waals surface area contributed by atoms with Crippen LogP contribution in [0.1, 0.15) is 32.4 Å². The van der Waals surface area contributed by atoms with Crippen LogP contribution in [-0.2, 0) is 14.3 Å². The van der Waals surface area contributed by atoms with Gasteiger partial charge in [0.05, 0.1) is 23.6 Å². The van der Waals surface area contributed by atoms with Crippen LogP contribution in [0.3, 0.4) is 0 Å². The number of amides is 2. The Hall–Kier alpha value is -3.61. The Morgan fingerprint density at radius 3 is 2.03 bits per heavy atom. The number of carbonyl (C=O) groups is 4. The third kappa shape index (κ3) is 2.53. The summed E-state index contributed by atoms with van der Waals surface area (Å²) in [4.78, 5) is 55.8. The lowest BCUT2D eigenvalue weighted by Gasteiger charge is -2.27. The summed E-state index contributed by atoms with van der Waals surface area (Å²) in [6.07, 6.45) is -0.931. The lowest BCUT2D eigenvalue weighted by atomic mass is 9.77. The first kappa shape index (κ1) is 20.0. The van der Waals surface area contributed by atoms with Crippen LogP contribution in [0.2, 0.25) is 5.02 Å².